The SMILES string of the molecule is C[C@@H]1[C@@H](C)C[C@]1(C)O. The molecule has 1 fully saturated rings. The lowest BCUT2D eigenvalue weighted by Crippen LogP contribution is -2.48. The first-order valence-electron chi connectivity index (χ1n) is 3.26. The fourth-order valence-electron chi connectivity index (χ4n) is 1.47. The fourth-order valence-corrected chi connectivity index (χ4v) is 1.47. The smallest absolute Gasteiger partial charge is 0.0650 e. The lowest BCUT2D eigenvalue weighted by atomic mass is 9.64. The molecule has 1 heteroatoms. The molecule has 0 spiro atoms. The predicted octanol–water partition coefficient (Wildman–Crippen LogP) is 1.41. The zero-order valence-electron chi connectivity index (χ0n) is 5.81. The van der Waals surface area contributed by atoms with E-state index in [1.165, 1.54) is 0 Å². The van der Waals surface area contributed by atoms with Gasteiger partial charge >= 0.3 is 0 Å². The van der Waals surface area contributed by atoms with E-state index in [-0.39, 0.29) is 5.60 Å². The Morgan fingerprint density at radius 3 is 2.00 bits per heavy atom. The van der Waals surface area contributed by atoms with E-state index in [2.05, 4.69) is 13.8 Å². The normalized spacial score (nSPS) is 55.5. The summed E-state index contributed by atoms with van der Waals surface area (Å²) < 4.78 is 0. The fraction of sp³-hybridized carbons (Fsp3) is 1.00. The topological polar surface area (TPSA) is 20.2 Å². The highest BCUT2D eigenvalue weighted by atomic mass is 16.3. The van der Waals surface area contributed by atoms with Crippen molar-refractivity contribution in [3.8, 4) is 0 Å². The van der Waals surface area contributed by atoms with Gasteiger partial charge in [0.25, 0.3) is 0 Å². The van der Waals surface area contributed by atoms with Crippen LogP contribution in [0.3, 0.4) is 0 Å². The highest BCUT2D eigenvalue weighted by Crippen LogP contribution is 2.42. The van der Waals surface area contributed by atoms with Crippen LogP contribution in [-0.2, 0) is 0 Å². The van der Waals surface area contributed by atoms with Gasteiger partial charge in [0.05, 0.1) is 5.60 Å². The van der Waals surface area contributed by atoms with Crippen LogP contribution in [-0.4, -0.2) is 10.7 Å². The van der Waals surface area contributed by atoms with Crippen LogP contribution in [0.4, 0.5) is 0 Å². The molecular weight excluding hydrogens is 100 g/mol. The van der Waals surface area contributed by atoms with Crippen LogP contribution >= 0.6 is 0 Å². The summed E-state index contributed by atoms with van der Waals surface area (Å²) in [7, 11) is 0. The maximum absolute atomic E-state index is 9.35. The Labute approximate surface area is 50.7 Å². The van der Waals surface area contributed by atoms with Crippen molar-refractivity contribution in [2.75, 3.05) is 0 Å². The highest BCUT2D eigenvalue weighted by Gasteiger charge is 2.43. The zero-order chi connectivity index (χ0) is 6.36. The number of aliphatic hydroxyl groups is 1. The van der Waals surface area contributed by atoms with E-state index in [0.29, 0.717) is 5.92 Å². The van der Waals surface area contributed by atoms with Crippen molar-refractivity contribution in [2.45, 2.75) is 32.8 Å². The second-order valence-corrected chi connectivity index (χ2v) is 3.33. The van der Waals surface area contributed by atoms with Crippen molar-refractivity contribution in [1.29, 1.82) is 0 Å². The van der Waals surface area contributed by atoms with E-state index in [9.17, 15) is 5.11 Å². The van der Waals surface area contributed by atoms with Gasteiger partial charge in [-0.25, -0.2) is 0 Å². The Bertz CT molecular complexity index is 96.6. The summed E-state index contributed by atoms with van der Waals surface area (Å²) in [6.45, 7) is 6.20. The summed E-state index contributed by atoms with van der Waals surface area (Å²) in [5.74, 6) is 1.23. The first-order valence-corrected chi connectivity index (χ1v) is 3.26. The monoisotopic (exact) mass is 114 g/mol. The molecule has 1 saturated carbocycles. The van der Waals surface area contributed by atoms with E-state index in [4.69, 9.17) is 0 Å². The standard InChI is InChI=1S/C7H14O/c1-5-4-7(3,8)6(5)2/h5-6,8H,4H2,1-3H3/t5-,6+,7-/m0/s1. The van der Waals surface area contributed by atoms with Gasteiger partial charge in [0.2, 0.25) is 0 Å². The summed E-state index contributed by atoms with van der Waals surface area (Å²) in [4.78, 5) is 0. The Morgan fingerprint density at radius 2 is 2.00 bits per heavy atom. The molecule has 0 aliphatic heterocycles. The summed E-state index contributed by atoms with van der Waals surface area (Å²) in [5, 5.41) is 9.35. The molecule has 48 valence electrons. The highest BCUT2D eigenvalue weighted by molar-refractivity contribution is 4.94. The maximum Gasteiger partial charge on any atom is 0.0650 e. The van der Waals surface area contributed by atoms with E-state index in [1.54, 1.807) is 0 Å². The second-order valence-electron chi connectivity index (χ2n) is 3.33. The van der Waals surface area contributed by atoms with Crippen LogP contribution in [0.25, 0.3) is 0 Å². The molecule has 0 bridgehead atoms. The molecule has 0 aromatic carbocycles. The van der Waals surface area contributed by atoms with Crippen molar-refractivity contribution in [1.82, 2.24) is 0 Å². The average Bonchev–Trinajstić information content (AvgIpc) is 1.65. The lowest BCUT2D eigenvalue weighted by molar-refractivity contribution is -0.109. The molecular formula is C7H14O. The summed E-state index contributed by atoms with van der Waals surface area (Å²) in [6, 6.07) is 0. The summed E-state index contributed by atoms with van der Waals surface area (Å²) in [6.07, 6.45) is 0.980. The largest absolute Gasteiger partial charge is 0.390 e. The van der Waals surface area contributed by atoms with Crippen LogP contribution in [0.2, 0.25) is 0 Å². The third-order valence-electron chi connectivity index (χ3n) is 2.57. The molecule has 1 nitrogen and oxygen atoms in total. The van der Waals surface area contributed by atoms with Crippen molar-refractivity contribution in [3.63, 3.8) is 0 Å². The van der Waals surface area contributed by atoms with Crippen LogP contribution in [0, 0.1) is 11.8 Å². The minimum absolute atomic E-state index is 0.348. The van der Waals surface area contributed by atoms with Crippen molar-refractivity contribution in [2.24, 2.45) is 11.8 Å². The van der Waals surface area contributed by atoms with Gasteiger partial charge in [0.15, 0.2) is 0 Å². The van der Waals surface area contributed by atoms with E-state index < -0.39 is 0 Å². The molecule has 1 aliphatic rings. The minimum atomic E-state index is -0.348. The quantitative estimate of drug-likeness (QED) is 0.505. The molecule has 8 heavy (non-hydrogen) atoms. The Kier molecular flexibility index (Phi) is 1.12. The molecule has 1 aliphatic carbocycles. The van der Waals surface area contributed by atoms with Crippen LogP contribution in [0.15, 0.2) is 0 Å². The van der Waals surface area contributed by atoms with Gasteiger partial charge in [-0.15, -0.1) is 0 Å². The Morgan fingerprint density at radius 1 is 1.50 bits per heavy atom. The maximum atomic E-state index is 9.35. The molecule has 1 rings (SSSR count). The molecule has 1 N–H and O–H groups in total. The summed E-state index contributed by atoms with van der Waals surface area (Å²) in [5.41, 5.74) is -0.348. The number of hydrogen-bond acceptors (Lipinski definition) is 1. The molecule has 0 aromatic heterocycles. The molecule has 0 unspecified atom stereocenters. The predicted molar refractivity (Wildman–Crippen MR) is 33.6 cm³/mol. The van der Waals surface area contributed by atoms with E-state index >= 15 is 0 Å². The van der Waals surface area contributed by atoms with Gasteiger partial charge in [-0.05, 0) is 25.2 Å². The molecule has 0 amide bonds. The number of rotatable bonds is 0. The van der Waals surface area contributed by atoms with Gasteiger partial charge in [0.1, 0.15) is 0 Å². The Hall–Kier alpha value is -0.0400. The number of hydrogen-bond donors (Lipinski definition) is 1. The molecule has 3 atom stereocenters. The molecule has 0 radical (unpaired) electrons. The third kappa shape index (κ3) is 0.655. The van der Waals surface area contributed by atoms with Crippen molar-refractivity contribution in [3.05, 3.63) is 0 Å². The van der Waals surface area contributed by atoms with Crippen molar-refractivity contribution >= 4 is 0 Å². The van der Waals surface area contributed by atoms with Gasteiger partial charge < -0.3 is 5.11 Å². The third-order valence-corrected chi connectivity index (χ3v) is 2.57. The van der Waals surface area contributed by atoms with Gasteiger partial charge in [-0.1, -0.05) is 13.8 Å². The Balaban J connectivity index is 2.47. The van der Waals surface area contributed by atoms with E-state index in [0.717, 1.165) is 12.3 Å². The van der Waals surface area contributed by atoms with Gasteiger partial charge in [-0.2, -0.15) is 0 Å². The minimum Gasteiger partial charge on any atom is -0.390 e. The van der Waals surface area contributed by atoms with Crippen molar-refractivity contribution < 1.29 is 5.11 Å². The molecule has 0 aromatic rings. The first-order chi connectivity index (χ1) is 3.54. The molecule has 0 saturated heterocycles. The van der Waals surface area contributed by atoms with Crippen LogP contribution in [0.5, 0.6) is 0 Å². The second kappa shape index (κ2) is 1.47. The van der Waals surface area contributed by atoms with E-state index in [1.807, 2.05) is 6.92 Å². The van der Waals surface area contributed by atoms with Crippen LogP contribution in [0.1, 0.15) is 27.2 Å². The lowest BCUT2D eigenvalue weighted by Gasteiger charge is -2.46. The van der Waals surface area contributed by atoms with Gasteiger partial charge in [0, 0.05) is 0 Å². The first kappa shape index (κ1) is 6.09. The van der Waals surface area contributed by atoms with Gasteiger partial charge in [-0.3, -0.25) is 0 Å². The zero-order valence-corrected chi connectivity index (χ0v) is 5.81. The average molecular weight is 114 g/mol. The van der Waals surface area contributed by atoms with Crippen LogP contribution < -0.4 is 0 Å². The summed E-state index contributed by atoms with van der Waals surface area (Å²) >= 11 is 0. The molecule has 0 heterocycles.